The van der Waals surface area contributed by atoms with Gasteiger partial charge >= 0.3 is 0 Å². The number of fused-ring (bicyclic) bond motifs is 1. The van der Waals surface area contributed by atoms with Gasteiger partial charge in [0.15, 0.2) is 6.61 Å². The van der Waals surface area contributed by atoms with Gasteiger partial charge in [-0.25, -0.2) is 0 Å². The minimum Gasteiger partial charge on any atom is -0.484 e. The van der Waals surface area contributed by atoms with E-state index in [1.165, 1.54) is 0 Å². The summed E-state index contributed by atoms with van der Waals surface area (Å²) in [5.74, 6) is 0.362. The van der Waals surface area contributed by atoms with Crippen LogP contribution in [0.5, 0.6) is 5.75 Å². The number of nitrogens with zero attached hydrogens (tertiary/aromatic N) is 1. The molecular formula is C19H18N4O2. The number of carbonyl (C=O) groups excluding carboxylic acids is 1. The fourth-order valence-corrected chi connectivity index (χ4v) is 2.58. The number of hydrogen-bond acceptors (Lipinski definition) is 4. The second kappa shape index (κ2) is 7.51. The SMILES string of the molecule is N#Cc1ccc(NC(=O)COc2ccc3[nH]cc(CCN)c3c2)cc1. The maximum atomic E-state index is 12.0. The Morgan fingerprint density at radius 2 is 2.04 bits per heavy atom. The van der Waals surface area contributed by atoms with E-state index in [1.54, 1.807) is 24.3 Å². The zero-order valence-corrected chi connectivity index (χ0v) is 13.6. The third-order valence-electron chi connectivity index (χ3n) is 3.82. The number of H-pyrrole nitrogens is 1. The van der Waals surface area contributed by atoms with Crippen LogP contribution >= 0.6 is 0 Å². The van der Waals surface area contributed by atoms with Gasteiger partial charge in [-0.2, -0.15) is 5.26 Å². The van der Waals surface area contributed by atoms with Crippen molar-refractivity contribution < 1.29 is 9.53 Å². The number of nitriles is 1. The first kappa shape index (κ1) is 16.6. The lowest BCUT2D eigenvalue weighted by Gasteiger charge is -2.08. The molecule has 0 fully saturated rings. The summed E-state index contributed by atoms with van der Waals surface area (Å²) in [7, 11) is 0. The molecule has 0 saturated carbocycles. The second-order valence-corrected chi connectivity index (χ2v) is 5.59. The summed E-state index contributed by atoms with van der Waals surface area (Å²) >= 11 is 0. The van der Waals surface area contributed by atoms with Gasteiger partial charge in [-0.05, 0) is 61.0 Å². The lowest BCUT2D eigenvalue weighted by Crippen LogP contribution is -2.20. The highest BCUT2D eigenvalue weighted by molar-refractivity contribution is 5.92. The standard InChI is InChI=1S/C19H18N4O2/c20-8-7-14-11-22-18-6-5-16(9-17(14)18)25-12-19(24)23-15-3-1-13(10-21)2-4-15/h1-6,9,11,22H,7-8,12,20H2,(H,23,24). The van der Waals surface area contributed by atoms with E-state index in [2.05, 4.69) is 10.3 Å². The molecule has 0 aliphatic carbocycles. The Morgan fingerprint density at radius 3 is 2.76 bits per heavy atom. The Balaban J connectivity index is 1.62. The van der Waals surface area contributed by atoms with Crippen LogP contribution < -0.4 is 15.8 Å². The van der Waals surface area contributed by atoms with Gasteiger partial charge in [-0.3, -0.25) is 4.79 Å². The van der Waals surface area contributed by atoms with Crippen LogP contribution in [0.2, 0.25) is 0 Å². The Morgan fingerprint density at radius 1 is 1.24 bits per heavy atom. The predicted molar refractivity (Wildman–Crippen MR) is 96.3 cm³/mol. The first-order chi connectivity index (χ1) is 12.2. The van der Waals surface area contributed by atoms with E-state index >= 15 is 0 Å². The van der Waals surface area contributed by atoms with Crippen molar-refractivity contribution in [3.63, 3.8) is 0 Å². The largest absolute Gasteiger partial charge is 0.484 e. The number of aromatic nitrogens is 1. The van der Waals surface area contributed by atoms with Crippen molar-refractivity contribution in [1.82, 2.24) is 4.98 Å². The van der Waals surface area contributed by atoms with Gasteiger partial charge < -0.3 is 20.8 Å². The molecule has 0 atom stereocenters. The van der Waals surface area contributed by atoms with Gasteiger partial charge in [0.1, 0.15) is 5.75 Å². The number of nitrogens with two attached hydrogens (primary N) is 1. The maximum Gasteiger partial charge on any atom is 0.262 e. The highest BCUT2D eigenvalue weighted by Crippen LogP contribution is 2.24. The molecule has 0 saturated heterocycles. The molecule has 1 aromatic heterocycles. The molecule has 0 aliphatic rings. The molecular weight excluding hydrogens is 316 g/mol. The van der Waals surface area contributed by atoms with Gasteiger partial charge in [-0.15, -0.1) is 0 Å². The second-order valence-electron chi connectivity index (χ2n) is 5.59. The molecule has 1 amide bonds. The summed E-state index contributed by atoms with van der Waals surface area (Å²) < 4.78 is 5.59. The number of ether oxygens (including phenoxy) is 1. The number of carbonyl (C=O) groups is 1. The first-order valence-electron chi connectivity index (χ1n) is 7.92. The van der Waals surface area contributed by atoms with Crippen molar-refractivity contribution in [2.45, 2.75) is 6.42 Å². The zero-order valence-electron chi connectivity index (χ0n) is 13.6. The van der Waals surface area contributed by atoms with Crippen molar-refractivity contribution in [2.75, 3.05) is 18.5 Å². The van der Waals surface area contributed by atoms with Crippen LogP contribution in [0, 0.1) is 11.3 Å². The normalized spacial score (nSPS) is 10.4. The van der Waals surface area contributed by atoms with E-state index < -0.39 is 0 Å². The van der Waals surface area contributed by atoms with E-state index in [1.807, 2.05) is 30.5 Å². The monoisotopic (exact) mass is 334 g/mol. The van der Waals surface area contributed by atoms with E-state index in [0.717, 1.165) is 22.9 Å². The molecule has 3 aromatic rings. The Hall–Kier alpha value is -3.30. The fraction of sp³-hybridized carbons (Fsp3) is 0.158. The quantitative estimate of drug-likeness (QED) is 0.644. The molecule has 0 bridgehead atoms. The van der Waals surface area contributed by atoms with Crippen LogP contribution in [0.4, 0.5) is 5.69 Å². The predicted octanol–water partition coefficient (Wildman–Crippen LogP) is 2.56. The van der Waals surface area contributed by atoms with Gasteiger partial charge in [0.25, 0.3) is 5.91 Å². The van der Waals surface area contributed by atoms with Crippen molar-refractivity contribution in [3.05, 3.63) is 59.8 Å². The summed E-state index contributed by atoms with van der Waals surface area (Å²) in [6.45, 7) is 0.479. The molecule has 25 heavy (non-hydrogen) atoms. The number of aromatic amines is 1. The van der Waals surface area contributed by atoms with Gasteiger partial charge in [0, 0.05) is 22.8 Å². The molecule has 0 unspecified atom stereocenters. The summed E-state index contributed by atoms with van der Waals surface area (Å²) in [5, 5.41) is 12.5. The Bertz CT molecular complexity index is 923. The van der Waals surface area contributed by atoms with Gasteiger partial charge in [0.2, 0.25) is 0 Å². The van der Waals surface area contributed by atoms with Crippen molar-refractivity contribution in [1.29, 1.82) is 5.26 Å². The molecule has 2 aromatic carbocycles. The zero-order chi connectivity index (χ0) is 17.6. The molecule has 3 rings (SSSR count). The molecule has 0 spiro atoms. The number of benzene rings is 2. The van der Waals surface area contributed by atoms with Gasteiger partial charge in [0.05, 0.1) is 11.6 Å². The smallest absolute Gasteiger partial charge is 0.262 e. The number of nitrogens with one attached hydrogen (secondary N) is 2. The van der Waals surface area contributed by atoms with Crippen LogP contribution in [0.15, 0.2) is 48.7 Å². The maximum absolute atomic E-state index is 12.0. The molecule has 4 N–H and O–H groups in total. The topological polar surface area (TPSA) is 104 Å². The molecule has 0 aliphatic heterocycles. The highest BCUT2D eigenvalue weighted by Gasteiger charge is 2.07. The van der Waals surface area contributed by atoms with E-state index in [9.17, 15) is 4.79 Å². The number of amides is 1. The van der Waals surface area contributed by atoms with Crippen LogP contribution in [0.25, 0.3) is 10.9 Å². The molecule has 126 valence electrons. The van der Waals surface area contributed by atoms with Gasteiger partial charge in [-0.1, -0.05) is 0 Å². The summed E-state index contributed by atoms with van der Waals surface area (Å²) in [4.78, 5) is 15.2. The van der Waals surface area contributed by atoms with E-state index in [0.29, 0.717) is 23.5 Å². The van der Waals surface area contributed by atoms with Crippen LogP contribution in [0.3, 0.4) is 0 Å². The minimum absolute atomic E-state index is 0.0951. The molecule has 0 radical (unpaired) electrons. The van der Waals surface area contributed by atoms with Crippen LogP contribution in [-0.2, 0) is 11.2 Å². The average molecular weight is 334 g/mol. The molecule has 6 nitrogen and oxygen atoms in total. The fourth-order valence-electron chi connectivity index (χ4n) is 2.58. The molecule has 6 heteroatoms. The third-order valence-corrected chi connectivity index (χ3v) is 3.82. The number of rotatable bonds is 6. The number of hydrogen-bond donors (Lipinski definition) is 3. The third kappa shape index (κ3) is 3.97. The van der Waals surface area contributed by atoms with Crippen LogP contribution in [0.1, 0.15) is 11.1 Å². The first-order valence-corrected chi connectivity index (χ1v) is 7.92. The van der Waals surface area contributed by atoms with E-state index in [-0.39, 0.29) is 12.5 Å². The Kier molecular flexibility index (Phi) is 4.97. The number of anilines is 1. The average Bonchev–Trinajstić information content (AvgIpc) is 3.03. The summed E-state index contributed by atoms with van der Waals surface area (Å²) in [6, 6.07) is 14.3. The Labute approximate surface area is 145 Å². The van der Waals surface area contributed by atoms with Crippen molar-refractivity contribution >= 4 is 22.5 Å². The summed E-state index contributed by atoms with van der Waals surface area (Å²) in [5.41, 5.74) is 8.93. The lowest BCUT2D eigenvalue weighted by molar-refractivity contribution is -0.118. The van der Waals surface area contributed by atoms with E-state index in [4.69, 9.17) is 15.7 Å². The summed E-state index contributed by atoms with van der Waals surface area (Å²) in [6.07, 6.45) is 2.72. The van der Waals surface area contributed by atoms with Crippen molar-refractivity contribution in [2.24, 2.45) is 5.73 Å². The van der Waals surface area contributed by atoms with Crippen molar-refractivity contribution in [3.8, 4) is 11.8 Å². The van der Waals surface area contributed by atoms with Crippen LogP contribution in [-0.4, -0.2) is 24.0 Å². The minimum atomic E-state index is -0.263. The lowest BCUT2D eigenvalue weighted by atomic mass is 10.1. The molecule has 1 heterocycles. The highest BCUT2D eigenvalue weighted by atomic mass is 16.5.